The van der Waals surface area contributed by atoms with Crippen molar-refractivity contribution < 1.29 is 13.2 Å². The molecule has 1 aliphatic heterocycles. The first-order chi connectivity index (χ1) is 15.8. The molecule has 33 heavy (non-hydrogen) atoms. The second kappa shape index (κ2) is 8.88. The largest absolute Gasteiger partial charge is 0.369 e. The number of aromatic nitrogens is 2. The van der Waals surface area contributed by atoms with Crippen LogP contribution in [0.25, 0.3) is 11.7 Å². The Bertz CT molecular complexity index is 1450. The SMILES string of the molecule is N#CC(=Cc1c(N2CCC(C(N)=O)CC2)nc2ccccn2c1=O)S(=O)(=O)c1ccccc1. The third-order valence-electron chi connectivity index (χ3n) is 5.67. The molecule has 0 saturated carbocycles. The van der Waals surface area contributed by atoms with Crippen molar-refractivity contribution in [3.05, 3.63) is 75.6 Å². The van der Waals surface area contributed by atoms with E-state index in [1.807, 2.05) is 4.90 Å². The number of nitrogens with two attached hydrogens (primary N) is 1. The molecule has 9 nitrogen and oxygen atoms in total. The summed E-state index contributed by atoms with van der Waals surface area (Å²) >= 11 is 0. The van der Waals surface area contributed by atoms with Gasteiger partial charge in [-0.1, -0.05) is 24.3 Å². The minimum Gasteiger partial charge on any atom is -0.369 e. The number of fused-ring (bicyclic) bond motifs is 1. The molecular formula is C23H21N5O4S. The van der Waals surface area contributed by atoms with E-state index in [1.165, 1.54) is 22.7 Å². The zero-order valence-corrected chi connectivity index (χ0v) is 18.4. The molecule has 0 spiro atoms. The number of nitrogens with zero attached hydrogens (tertiary/aromatic N) is 4. The van der Waals surface area contributed by atoms with E-state index in [9.17, 15) is 23.3 Å². The lowest BCUT2D eigenvalue weighted by atomic mass is 9.96. The monoisotopic (exact) mass is 463 g/mol. The van der Waals surface area contributed by atoms with Crippen LogP contribution in [-0.4, -0.2) is 36.8 Å². The standard InChI is InChI=1S/C23H21N5O4S/c24-15-18(33(31,32)17-6-2-1-3-7-17)14-19-22(27-12-9-16(10-13-27)21(25)29)26-20-8-4-5-11-28(20)23(19)30/h1-8,11,14,16H,9-10,12-13H2,(H2,25,29). The fourth-order valence-corrected chi connectivity index (χ4v) is 5.02. The Morgan fingerprint density at radius 1 is 1.12 bits per heavy atom. The molecule has 4 rings (SSSR count). The zero-order valence-electron chi connectivity index (χ0n) is 17.6. The Kier molecular flexibility index (Phi) is 5.98. The summed E-state index contributed by atoms with van der Waals surface area (Å²) < 4.78 is 27.4. The minimum absolute atomic E-state index is 0.00715. The van der Waals surface area contributed by atoms with E-state index in [0.717, 1.165) is 6.08 Å². The second-order valence-corrected chi connectivity index (χ2v) is 9.60. The van der Waals surface area contributed by atoms with Gasteiger partial charge in [0.05, 0.1) is 10.5 Å². The number of allylic oxidation sites excluding steroid dienone is 1. The number of sulfone groups is 1. The molecule has 3 aromatic rings. The number of piperidine rings is 1. The highest BCUT2D eigenvalue weighted by molar-refractivity contribution is 7.95. The number of benzene rings is 1. The van der Waals surface area contributed by atoms with Crippen LogP contribution in [0, 0.1) is 17.2 Å². The van der Waals surface area contributed by atoms with Crippen molar-refractivity contribution in [1.29, 1.82) is 5.26 Å². The number of nitriles is 1. The maximum atomic E-state index is 13.4. The number of primary amides is 1. The first-order valence-corrected chi connectivity index (χ1v) is 11.8. The molecule has 2 aromatic heterocycles. The van der Waals surface area contributed by atoms with Crippen LogP contribution in [-0.2, 0) is 14.6 Å². The van der Waals surface area contributed by atoms with E-state index in [4.69, 9.17) is 5.73 Å². The highest BCUT2D eigenvalue weighted by Gasteiger charge is 2.28. The second-order valence-electron chi connectivity index (χ2n) is 7.68. The van der Waals surface area contributed by atoms with E-state index in [0.29, 0.717) is 31.6 Å². The van der Waals surface area contributed by atoms with Crippen molar-refractivity contribution in [2.24, 2.45) is 11.7 Å². The molecule has 0 unspecified atom stereocenters. The lowest BCUT2D eigenvalue weighted by Gasteiger charge is -2.32. The highest BCUT2D eigenvalue weighted by atomic mass is 32.2. The van der Waals surface area contributed by atoms with Gasteiger partial charge in [-0.3, -0.25) is 14.0 Å². The number of hydrogen-bond donors (Lipinski definition) is 1. The average Bonchev–Trinajstić information content (AvgIpc) is 2.84. The van der Waals surface area contributed by atoms with Gasteiger partial charge in [0.2, 0.25) is 15.7 Å². The Hall–Kier alpha value is -3.97. The van der Waals surface area contributed by atoms with Crippen LogP contribution in [0.2, 0.25) is 0 Å². The number of rotatable bonds is 5. The van der Waals surface area contributed by atoms with E-state index in [2.05, 4.69) is 4.98 Å². The Morgan fingerprint density at radius 3 is 2.42 bits per heavy atom. The summed E-state index contributed by atoms with van der Waals surface area (Å²) in [6, 6.07) is 14.4. The van der Waals surface area contributed by atoms with Crippen LogP contribution in [0.1, 0.15) is 18.4 Å². The zero-order chi connectivity index (χ0) is 23.6. The summed E-state index contributed by atoms with van der Waals surface area (Å²) in [5.41, 5.74) is 5.31. The predicted molar refractivity (Wildman–Crippen MR) is 123 cm³/mol. The molecule has 1 aromatic carbocycles. The van der Waals surface area contributed by atoms with Crippen molar-refractivity contribution in [2.75, 3.05) is 18.0 Å². The summed E-state index contributed by atoms with van der Waals surface area (Å²) in [5.74, 6) is -0.373. The normalized spacial score (nSPS) is 15.4. The summed E-state index contributed by atoms with van der Waals surface area (Å²) in [7, 11) is -4.14. The molecule has 168 valence electrons. The lowest BCUT2D eigenvalue weighted by Crippen LogP contribution is -2.40. The fourth-order valence-electron chi connectivity index (χ4n) is 3.86. The number of anilines is 1. The molecule has 1 aliphatic rings. The van der Waals surface area contributed by atoms with Crippen molar-refractivity contribution in [3.8, 4) is 6.07 Å². The molecule has 3 heterocycles. The Morgan fingerprint density at radius 2 is 1.79 bits per heavy atom. The molecule has 2 N–H and O–H groups in total. The van der Waals surface area contributed by atoms with Gasteiger partial charge < -0.3 is 10.6 Å². The number of hydrogen-bond acceptors (Lipinski definition) is 7. The van der Waals surface area contributed by atoms with E-state index >= 15 is 0 Å². The van der Waals surface area contributed by atoms with Crippen LogP contribution in [0.3, 0.4) is 0 Å². The number of carbonyl (C=O) groups is 1. The molecule has 0 bridgehead atoms. The first-order valence-electron chi connectivity index (χ1n) is 10.3. The third kappa shape index (κ3) is 4.23. The quantitative estimate of drug-likeness (QED) is 0.569. The van der Waals surface area contributed by atoms with Crippen LogP contribution in [0.15, 0.2) is 69.3 Å². The molecule has 0 radical (unpaired) electrons. The van der Waals surface area contributed by atoms with Gasteiger partial charge in [0, 0.05) is 25.2 Å². The van der Waals surface area contributed by atoms with Crippen molar-refractivity contribution in [1.82, 2.24) is 9.38 Å². The number of pyridine rings is 1. The number of carbonyl (C=O) groups excluding carboxylic acids is 1. The van der Waals surface area contributed by atoms with Crippen molar-refractivity contribution in [2.45, 2.75) is 17.7 Å². The first kappa shape index (κ1) is 22.2. The van der Waals surface area contributed by atoms with Crippen molar-refractivity contribution >= 4 is 33.3 Å². The molecule has 0 atom stereocenters. The molecule has 1 saturated heterocycles. The van der Waals surface area contributed by atoms with Gasteiger partial charge in [0.15, 0.2) is 0 Å². The molecular weight excluding hydrogens is 442 g/mol. The molecule has 1 amide bonds. The predicted octanol–water partition coefficient (Wildman–Crippen LogP) is 1.73. The molecule has 10 heteroatoms. The lowest BCUT2D eigenvalue weighted by molar-refractivity contribution is -0.122. The topological polar surface area (TPSA) is 139 Å². The van der Waals surface area contributed by atoms with Crippen molar-refractivity contribution in [3.63, 3.8) is 0 Å². The fraction of sp³-hybridized carbons (Fsp3) is 0.217. The van der Waals surface area contributed by atoms with Gasteiger partial charge in [-0.15, -0.1) is 0 Å². The number of amides is 1. The van der Waals surface area contributed by atoms with Gasteiger partial charge in [0.1, 0.15) is 22.4 Å². The van der Waals surface area contributed by atoms with E-state index < -0.39 is 20.3 Å². The summed E-state index contributed by atoms with van der Waals surface area (Å²) in [5, 5.41) is 9.69. The van der Waals surface area contributed by atoms with Crippen LogP contribution < -0.4 is 16.2 Å². The van der Waals surface area contributed by atoms with Crippen LogP contribution >= 0.6 is 0 Å². The maximum absolute atomic E-state index is 13.4. The average molecular weight is 464 g/mol. The maximum Gasteiger partial charge on any atom is 0.267 e. The summed E-state index contributed by atoms with van der Waals surface area (Å²) in [4.78, 5) is 30.7. The minimum atomic E-state index is -4.14. The smallest absolute Gasteiger partial charge is 0.267 e. The summed E-state index contributed by atoms with van der Waals surface area (Å²) in [6.45, 7) is 0.828. The van der Waals surface area contributed by atoms with Gasteiger partial charge in [-0.05, 0) is 43.2 Å². The van der Waals surface area contributed by atoms with Crippen LogP contribution in [0.5, 0.6) is 0 Å². The summed E-state index contributed by atoms with van der Waals surface area (Å²) in [6.07, 6.45) is 3.60. The van der Waals surface area contributed by atoms with Gasteiger partial charge in [-0.25, -0.2) is 13.4 Å². The molecule has 0 aliphatic carbocycles. The highest BCUT2D eigenvalue weighted by Crippen LogP contribution is 2.27. The van der Waals surface area contributed by atoms with Gasteiger partial charge in [0.25, 0.3) is 5.56 Å². The third-order valence-corrected chi connectivity index (χ3v) is 7.36. The Labute approximate surface area is 190 Å². The van der Waals surface area contributed by atoms with Gasteiger partial charge >= 0.3 is 0 Å². The Balaban J connectivity index is 1.88. The van der Waals surface area contributed by atoms with E-state index in [-0.39, 0.29) is 28.1 Å². The molecule has 1 fully saturated rings. The van der Waals surface area contributed by atoms with Crippen LogP contribution in [0.4, 0.5) is 5.82 Å². The van der Waals surface area contributed by atoms with E-state index in [1.54, 1.807) is 42.5 Å². The van der Waals surface area contributed by atoms with Gasteiger partial charge in [-0.2, -0.15) is 5.26 Å².